The average molecular weight is 222 g/mol. The Bertz CT molecular complexity index is 295. The van der Waals surface area contributed by atoms with Gasteiger partial charge in [0.25, 0.3) is 0 Å². The van der Waals surface area contributed by atoms with Gasteiger partial charge in [0.05, 0.1) is 18.4 Å². The van der Waals surface area contributed by atoms with Gasteiger partial charge in [0.15, 0.2) is 0 Å². The van der Waals surface area contributed by atoms with E-state index in [1.54, 1.807) is 0 Å². The number of nitrogens with zero attached hydrogens (tertiary/aromatic N) is 1. The van der Waals surface area contributed by atoms with E-state index in [0.717, 1.165) is 12.2 Å². The minimum atomic E-state index is 0.277. The lowest BCUT2D eigenvalue weighted by Gasteiger charge is -2.16. The summed E-state index contributed by atoms with van der Waals surface area (Å²) in [5, 5.41) is 3.10. The fourth-order valence-electron chi connectivity index (χ4n) is 1.26. The number of hydrogen-bond donors (Lipinski definition) is 1. The van der Waals surface area contributed by atoms with Gasteiger partial charge in [-0.15, -0.1) is 0 Å². The van der Waals surface area contributed by atoms with Gasteiger partial charge in [-0.2, -0.15) is 0 Å². The van der Waals surface area contributed by atoms with Gasteiger partial charge in [-0.05, 0) is 31.5 Å². The van der Waals surface area contributed by atoms with Crippen molar-refractivity contribution in [2.24, 2.45) is 5.92 Å². The normalized spacial score (nSPS) is 13.1. The van der Waals surface area contributed by atoms with E-state index in [2.05, 4.69) is 37.1 Å². The lowest BCUT2D eigenvalue weighted by atomic mass is 10.1. The Hall–Kier alpha value is -0.930. The zero-order valence-corrected chi connectivity index (χ0v) is 10.7. The summed E-state index contributed by atoms with van der Waals surface area (Å²) in [6.07, 6.45) is 2.17. The molecule has 1 atom stereocenters. The molecule has 0 saturated carbocycles. The molecule has 1 unspecified atom stereocenters. The number of rotatable bonds is 6. The van der Waals surface area contributed by atoms with Crippen LogP contribution in [0, 0.1) is 5.92 Å². The Balaban J connectivity index is 2.43. The SMILES string of the molecule is CNCc1ccc(COC(C)C(C)C)nc1. The number of pyridine rings is 1. The first-order valence-corrected chi connectivity index (χ1v) is 5.83. The third-order valence-electron chi connectivity index (χ3n) is 2.70. The Kier molecular flexibility index (Phi) is 5.43. The summed E-state index contributed by atoms with van der Waals surface area (Å²) in [5.41, 5.74) is 2.19. The maximum atomic E-state index is 5.71. The van der Waals surface area contributed by atoms with Crippen LogP contribution < -0.4 is 5.32 Å². The average Bonchev–Trinajstić information content (AvgIpc) is 2.28. The summed E-state index contributed by atoms with van der Waals surface area (Å²) in [7, 11) is 1.93. The molecule has 0 aliphatic carbocycles. The molecule has 0 radical (unpaired) electrons. The monoisotopic (exact) mass is 222 g/mol. The van der Waals surface area contributed by atoms with Gasteiger partial charge in [-0.1, -0.05) is 19.9 Å². The summed E-state index contributed by atoms with van der Waals surface area (Å²) in [6, 6.07) is 4.11. The summed E-state index contributed by atoms with van der Waals surface area (Å²) >= 11 is 0. The first kappa shape index (κ1) is 13.1. The highest BCUT2D eigenvalue weighted by Gasteiger charge is 2.07. The molecule has 0 saturated heterocycles. The molecule has 0 fully saturated rings. The second-order valence-electron chi connectivity index (χ2n) is 4.45. The van der Waals surface area contributed by atoms with E-state index < -0.39 is 0 Å². The number of hydrogen-bond acceptors (Lipinski definition) is 3. The van der Waals surface area contributed by atoms with Crippen LogP contribution >= 0.6 is 0 Å². The molecular weight excluding hydrogens is 200 g/mol. The molecule has 3 nitrogen and oxygen atoms in total. The van der Waals surface area contributed by atoms with E-state index in [1.807, 2.05) is 19.3 Å². The van der Waals surface area contributed by atoms with E-state index in [9.17, 15) is 0 Å². The van der Waals surface area contributed by atoms with Crippen molar-refractivity contribution in [2.45, 2.75) is 40.0 Å². The van der Waals surface area contributed by atoms with Crippen molar-refractivity contribution in [3.8, 4) is 0 Å². The summed E-state index contributed by atoms with van der Waals surface area (Å²) < 4.78 is 5.71. The smallest absolute Gasteiger partial charge is 0.0891 e. The highest BCUT2D eigenvalue weighted by molar-refractivity contribution is 5.13. The molecule has 1 heterocycles. The zero-order chi connectivity index (χ0) is 12.0. The minimum absolute atomic E-state index is 0.277. The lowest BCUT2D eigenvalue weighted by Crippen LogP contribution is -2.15. The van der Waals surface area contributed by atoms with Crippen molar-refractivity contribution in [1.82, 2.24) is 10.3 Å². The van der Waals surface area contributed by atoms with E-state index in [0.29, 0.717) is 12.5 Å². The Morgan fingerprint density at radius 1 is 1.31 bits per heavy atom. The summed E-state index contributed by atoms with van der Waals surface area (Å²) in [6.45, 7) is 7.87. The van der Waals surface area contributed by atoms with Crippen molar-refractivity contribution in [3.05, 3.63) is 29.6 Å². The molecule has 0 amide bonds. The molecule has 0 aromatic carbocycles. The molecular formula is C13H22N2O. The van der Waals surface area contributed by atoms with Crippen LogP contribution in [0.5, 0.6) is 0 Å². The molecule has 0 bridgehead atoms. The fourth-order valence-corrected chi connectivity index (χ4v) is 1.26. The third-order valence-corrected chi connectivity index (χ3v) is 2.70. The van der Waals surface area contributed by atoms with Crippen LogP contribution in [0.15, 0.2) is 18.3 Å². The van der Waals surface area contributed by atoms with E-state index in [4.69, 9.17) is 4.74 Å². The number of ether oxygens (including phenoxy) is 1. The third kappa shape index (κ3) is 4.29. The molecule has 1 N–H and O–H groups in total. The lowest BCUT2D eigenvalue weighted by molar-refractivity contribution is 0.0218. The maximum absolute atomic E-state index is 5.71. The van der Waals surface area contributed by atoms with Gasteiger partial charge >= 0.3 is 0 Å². The van der Waals surface area contributed by atoms with E-state index in [-0.39, 0.29) is 6.10 Å². The number of aromatic nitrogens is 1. The van der Waals surface area contributed by atoms with Crippen LogP contribution in [0.3, 0.4) is 0 Å². The predicted molar refractivity (Wildman–Crippen MR) is 66.1 cm³/mol. The van der Waals surface area contributed by atoms with Crippen molar-refractivity contribution >= 4 is 0 Å². The molecule has 16 heavy (non-hydrogen) atoms. The fraction of sp³-hybridized carbons (Fsp3) is 0.615. The van der Waals surface area contributed by atoms with Crippen LogP contribution in [0.4, 0.5) is 0 Å². The first-order chi connectivity index (χ1) is 7.63. The predicted octanol–water partition coefficient (Wildman–Crippen LogP) is 2.36. The second-order valence-corrected chi connectivity index (χ2v) is 4.45. The number of nitrogens with one attached hydrogen (secondary N) is 1. The van der Waals surface area contributed by atoms with Gasteiger partial charge in [-0.3, -0.25) is 4.98 Å². The summed E-state index contributed by atoms with van der Waals surface area (Å²) in [4.78, 5) is 4.36. The first-order valence-electron chi connectivity index (χ1n) is 5.83. The van der Waals surface area contributed by atoms with Gasteiger partial charge < -0.3 is 10.1 Å². The molecule has 0 aliphatic rings. The Labute approximate surface area is 98.2 Å². The van der Waals surface area contributed by atoms with Gasteiger partial charge in [0, 0.05) is 12.7 Å². The molecule has 1 aromatic heterocycles. The Morgan fingerprint density at radius 3 is 2.56 bits per heavy atom. The van der Waals surface area contributed by atoms with Crippen molar-refractivity contribution in [2.75, 3.05) is 7.05 Å². The second kappa shape index (κ2) is 6.61. The van der Waals surface area contributed by atoms with Crippen molar-refractivity contribution in [1.29, 1.82) is 0 Å². The maximum Gasteiger partial charge on any atom is 0.0891 e. The quantitative estimate of drug-likeness (QED) is 0.802. The van der Waals surface area contributed by atoms with Gasteiger partial charge in [0.2, 0.25) is 0 Å². The topological polar surface area (TPSA) is 34.1 Å². The molecule has 0 aliphatic heterocycles. The highest BCUT2D eigenvalue weighted by Crippen LogP contribution is 2.08. The van der Waals surface area contributed by atoms with Gasteiger partial charge in [-0.25, -0.2) is 0 Å². The van der Waals surface area contributed by atoms with Crippen LogP contribution in [-0.4, -0.2) is 18.1 Å². The standard InChI is InChI=1S/C13H22N2O/c1-10(2)11(3)16-9-13-6-5-12(7-14-4)8-15-13/h5-6,8,10-11,14H,7,9H2,1-4H3. The van der Waals surface area contributed by atoms with Crippen LogP contribution in [-0.2, 0) is 17.9 Å². The minimum Gasteiger partial charge on any atom is -0.372 e. The zero-order valence-electron chi connectivity index (χ0n) is 10.7. The largest absolute Gasteiger partial charge is 0.372 e. The molecule has 1 aromatic rings. The molecule has 1 rings (SSSR count). The van der Waals surface area contributed by atoms with E-state index >= 15 is 0 Å². The van der Waals surface area contributed by atoms with Gasteiger partial charge in [0.1, 0.15) is 0 Å². The van der Waals surface area contributed by atoms with Crippen LogP contribution in [0.25, 0.3) is 0 Å². The summed E-state index contributed by atoms with van der Waals surface area (Å²) in [5.74, 6) is 0.545. The molecule has 0 spiro atoms. The highest BCUT2D eigenvalue weighted by atomic mass is 16.5. The van der Waals surface area contributed by atoms with E-state index in [1.165, 1.54) is 5.56 Å². The molecule has 3 heteroatoms. The molecule has 90 valence electrons. The van der Waals surface area contributed by atoms with Crippen LogP contribution in [0.2, 0.25) is 0 Å². The Morgan fingerprint density at radius 2 is 2.06 bits per heavy atom. The van der Waals surface area contributed by atoms with Crippen LogP contribution in [0.1, 0.15) is 32.0 Å². The van der Waals surface area contributed by atoms with Crippen molar-refractivity contribution < 1.29 is 4.74 Å². The van der Waals surface area contributed by atoms with Crippen molar-refractivity contribution in [3.63, 3.8) is 0 Å².